The number of Topliss-reactive ketones (excluding diaryl/α,β-unsaturated/α-hetero) is 1. The summed E-state index contributed by atoms with van der Waals surface area (Å²) in [7, 11) is 5.20. The van der Waals surface area contributed by atoms with Crippen LogP contribution in [0.2, 0.25) is 0 Å². The van der Waals surface area contributed by atoms with E-state index in [2.05, 4.69) is 20.6 Å². The minimum Gasteiger partial charge on any atom is -0.455 e. The zero-order valence-electron chi connectivity index (χ0n) is 37.1. The van der Waals surface area contributed by atoms with E-state index in [0.717, 1.165) is 6.92 Å². The van der Waals surface area contributed by atoms with Gasteiger partial charge in [0.15, 0.2) is 17.7 Å². The first-order valence-electron chi connectivity index (χ1n) is 21.2. The van der Waals surface area contributed by atoms with E-state index in [4.69, 9.17) is 29.4 Å². The number of unbranched alkanes of at least 4 members (excludes halogenated alkanes) is 1. The highest BCUT2D eigenvalue weighted by atomic mass is 19.1. The third-order valence-corrected chi connectivity index (χ3v) is 12.7. The molecule has 5 heterocycles. The number of fused-ring (bicyclic) bond motifs is 1. The number of carbonyl (C=O) groups excluding carboxylic acids is 3. The number of esters is 1. The number of amides is 1. The molecule has 4 N–H and O–H groups in total. The Morgan fingerprint density at radius 1 is 1.08 bits per heavy atom. The molecule has 1 amide bonds. The van der Waals surface area contributed by atoms with E-state index >= 15 is 4.39 Å². The fraction of sp³-hybridized carbons (Fsp3) is 0.762. The van der Waals surface area contributed by atoms with Gasteiger partial charge in [-0.1, -0.05) is 32.1 Å². The van der Waals surface area contributed by atoms with Crippen molar-refractivity contribution >= 4 is 23.7 Å². The Morgan fingerprint density at radius 2 is 1.78 bits per heavy atom. The summed E-state index contributed by atoms with van der Waals surface area (Å²) in [6, 6.07) is 3.92. The number of cyclic esters (lactones) is 1. The van der Waals surface area contributed by atoms with Crippen LogP contribution in [0.3, 0.4) is 0 Å². The summed E-state index contributed by atoms with van der Waals surface area (Å²) in [4.78, 5) is 49.9. The molecule has 0 spiro atoms. The number of methoxy groups -OCH3 is 1. The first kappa shape index (κ1) is 47.2. The molecule has 17 nitrogen and oxygen atoms in total. The van der Waals surface area contributed by atoms with Crippen LogP contribution in [-0.2, 0) is 39.8 Å². The van der Waals surface area contributed by atoms with E-state index in [-0.39, 0.29) is 24.5 Å². The predicted octanol–water partition coefficient (Wildman–Crippen LogP) is 3.77. The molecule has 3 fully saturated rings. The molecule has 0 aliphatic carbocycles. The molecule has 18 heteroatoms. The van der Waals surface area contributed by atoms with Crippen LogP contribution in [0.5, 0.6) is 0 Å². The van der Waals surface area contributed by atoms with Crippen molar-refractivity contribution in [1.29, 1.82) is 0 Å². The summed E-state index contributed by atoms with van der Waals surface area (Å²) in [6.07, 6.45) is -1.40. The maximum Gasteiger partial charge on any atom is 0.410 e. The van der Waals surface area contributed by atoms with E-state index in [1.807, 2.05) is 39.8 Å². The largest absolute Gasteiger partial charge is 0.455 e. The minimum atomic E-state index is -3.14. The number of hydrogen-bond donors (Lipinski definition) is 3. The summed E-state index contributed by atoms with van der Waals surface area (Å²) in [5, 5.41) is 23.5. The molecule has 5 rings (SSSR count). The lowest BCUT2D eigenvalue weighted by molar-refractivity contribution is -0.295. The number of pyridine rings is 1. The third kappa shape index (κ3) is 9.94. The number of aliphatic hydroxyl groups is 1. The van der Waals surface area contributed by atoms with Gasteiger partial charge in [-0.25, -0.2) is 19.0 Å². The molecule has 3 aliphatic rings. The van der Waals surface area contributed by atoms with Crippen LogP contribution in [-0.4, -0.2) is 153 Å². The number of nitrogens with zero attached hydrogens (tertiary/aromatic N) is 6. The van der Waals surface area contributed by atoms with Crippen LogP contribution >= 0.6 is 0 Å². The van der Waals surface area contributed by atoms with Gasteiger partial charge in [0.1, 0.15) is 23.7 Å². The second-order valence-electron chi connectivity index (χ2n) is 17.8. The molecule has 0 radical (unpaired) electrons. The Labute approximate surface area is 353 Å². The van der Waals surface area contributed by atoms with Crippen molar-refractivity contribution in [1.82, 2.24) is 35.1 Å². The average molecular weight is 847 g/mol. The fourth-order valence-corrected chi connectivity index (χ4v) is 9.34. The van der Waals surface area contributed by atoms with E-state index in [1.165, 1.54) is 14.0 Å². The Balaban J connectivity index is 1.40. The number of aryl methyl sites for hydroxylation is 1. The highest BCUT2D eigenvalue weighted by molar-refractivity contribution is 6.07. The van der Waals surface area contributed by atoms with Gasteiger partial charge in [0.25, 0.3) is 5.67 Å². The van der Waals surface area contributed by atoms with Crippen molar-refractivity contribution in [2.75, 3.05) is 40.0 Å². The Hall–Kier alpha value is -3.81. The summed E-state index contributed by atoms with van der Waals surface area (Å²) in [5.74, 6) is -3.49. The number of ether oxygens (including phenoxy) is 5. The number of nitrogens with two attached hydrogens (primary N) is 1. The molecule has 2 aromatic heterocycles. The van der Waals surface area contributed by atoms with Crippen LogP contribution < -0.4 is 11.1 Å². The SMILES string of the molecule is CC[C@H]1OC(=O)C(C)(F)C(=O)[C@@H](C)[C@@H](O[C@@H]2O[C@H](C)CC(N(C)C)C2O)[C@](C)(OC)C[C@@H](C)CN[C@H](C)[C@H]2N(CCCCn3cc(-c4cccc(N)n4)nn3)C(=O)O[C@]12C. The molecular weight excluding hydrogens is 780 g/mol. The number of rotatable bonds is 11. The number of likely N-dealkylation sites (N-methyl/N-ethyl adjacent to an activating group) is 1. The highest BCUT2D eigenvalue weighted by Crippen LogP contribution is 2.41. The number of carbonyl (C=O) groups is 3. The predicted molar refractivity (Wildman–Crippen MR) is 220 cm³/mol. The molecule has 13 atom stereocenters. The lowest BCUT2D eigenvalue weighted by atomic mass is 9.78. The molecule has 3 aliphatic heterocycles. The molecule has 60 heavy (non-hydrogen) atoms. The minimum absolute atomic E-state index is 0.119. The quantitative estimate of drug-likeness (QED) is 0.167. The number of ketones is 1. The number of anilines is 1. The molecule has 0 aromatic carbocycles. The fourth-order valence-electron chi connectivity index (χ4n) is 9.34. The van der Waals surface area contributed by atoms with Crippen LogP contribution in [0, 0.1) is 11.8 Å². The van der Waals surface area contributed by atoms with Gasteiger partial charge in [0.2, 0.25) is 0 Å². The third-order valence-electron chi connectivity index (χ3n) is 12.7. The lowest BCUT2D eigenvalue weighted by Crippen LogP contribution is -2.61. The number of nitrogens with one attached hydrogen (secondary N) is 1. The zero-order chi connectivity index (χ0) is 44.3. The average Bonchev–Trinajstić information content (AvgIpc) is 3.77. The number of aromatic nitrogens is 4. The Kier molecular flexibility index (Phi) is 15.0. The number of hydrogen-bond acceptors (Lipinski definition) is 15. The molecule has 3 unspecified atom stereocenters. The van der Waals surface area contributed by atoms with Gasteiger partial charge in [-0.05, 0) is 105 Å². The second-order valence-corrected chi connectivity index (χ2v) is 17.8. The van der Waals surface area contributed by atoms with Gasteiger partial charge < -0.3 is 44.7 Å². The number of aliphatic hydroxyl groups excluding tert-OH is 1. The van der Waals surface area contributed by atoms with Crippen molar-refractivity contribution in [2.45, 2.75) is 160 Å². The second kappa shape index (κ2) is 19.1. The highest BCUT2D eigenvalue weighted by Gasteiger charge is 2.60. The van der Waals surface area contributed by atoms with Gasteiger partial charge in [0, 0.05) is 38.2 Å². The Morgan fingerprint density at radius 3 is 2.43 bits per heavy atom. The Bertz CT molecular complexity index is 1800. The number of nitrogen functional groups attached to an aromatic ring is 1. The van der Waals surface area contributed by atoms with Crippen molar-refractivity contribution in [3.63, 3.8) is 0 Å². The summed E-state index contributed by atoms with van der Waals surface area (Å²) >= 11 is 0. The maximum atomic E-state index is 17.0. The van der Waals surface area contributed by atoms with Gasteiger partial charge in [-0.3, -0.25) is 14.4 Å². The molecule has 0 bridgehead atoms. The number of alkyl halides is 1. The van der Waals surface area contributed by atoms with Crippen molar-refractivity contribution < 1.29 is 47.6 Å². The topological polar surface area (TPSA) is 206 Å². The van der Waals surface area contributed by atoms with E-state index in [1.54, 1.807) is 54.7 Å². The molecule has 3 saturated heterocycles. The lowest BCUT2D eigenvalue weighted by Gasteiger charge is -2.47. The first-order chi connectivity index (χ1) is 28.2. The standard InChI is InChI=1S/C42H67FN8O9/c1-12-31-42(8)34(51(39(55)60-42)19-14-13-18-50-23-29(47-48-50)28-16-15-17-32(44)46-28)27(5)45-22-24(2)21-40(6,56-11)36(26(4)35(53)41(7,43)38(54)58-31)59-37-33(52)30(49(9)10)20-25(3)57-37/h15-17,23-27,30-31,33-34,36-37,45,52H,12-14,18-22H2,1-11H3,(H2,44,46)/t24-,25-,26-,27-,30?,31-,33?,34-,36-,37+,40-,41?,42-/m1/s1. The monoisotopic (exact) mass is 847 g/mol. The van der Waals surface area contributed by atoms with Gasteiger partial charge in [-0.15, -0.1) is 5.10 Å². The van der Waals surface area contributed by atoms with Gasteiger partial charge in [0.05, 0.1) is 35.7 Å². The van der Waals surface area contributed by atoms with Crippen LogP contribution in [0.25, 0.3) is 11.4 Å². The maximum absolute atomic E-state index is 17.0. The normalized spacial score (nSPS) is 37.3. The zero-order valence-corrected chi connectivity index (χ0v) is 37.1. The molecule has 336 valence electrons. The van der Waals surface area contributed by atoms with E-state index in [9.17, 15) is 19.5 Å². The van der Waals surface area contributed by atoms with Crippen LogP contribution in [0.15, 0.2) is 24.4 Å². The van der Waals surface area contributed by atoms with Crippen molar-refractivity contribution in [3.8, 4) is 11.4 Å². The van der Waals surface area contributed by atoms with E-state index in [0.29, 0.717) is 62.5 Å². The molecular formula is C42H67FN8O9. The van der Waals surface area contributed by atoms with Crippen LogP contribution in [0.4, 0.5) is 15.0 Å². The summed E-state index contributed by atoms with van der Waals surface area (Å²) in [6.45, 7) is 14.7. The summed E-state index contributed by atoms with van der Waals surface area (Å²) in [5.41, 5.74) is 1.25. The smallest absolute Gasteiger partial charge is 0.410 e. The molecule has 2 aromatic rings. The molecule has 0 saturated carbocycles. The van der Waals surface area contributed by atoms with E-state index < -0.39 is 77.3 Å². The first-order valence-corrected chi connectivity index (χ1v) is 21.2. The van der Waals surface area contributed by atoms with Crippen molar-refractivity contribution in [2.24, 2.45) is 11.8 Å². The van der Waals surface area contributed by atoms with Gasteiger partial charge >= 0.3 is 12.1 Å². The number of halogens is 1. The summed E-state index contributed by atoms with van der Waals surface area (Å²) < 4.78 is 49.5. The van der Waals surface area contributed by atoms with Crippen molar-refractivity contribution in [3.05, 3.63) is 24.4 Å². The van der Waals surface area contributed by atoms with Gasteiger partial charge in [-0.2, -0.15) is 0 Å². The van der Waals surface area contributed by atoms with Crippen LogP contribution in [0.1, 0.15) is 87.5 Å².